The summed E-state index contributed by atoms with van der Waals surface area (Å²) in [7, 11) is 0. The predicted octanol–water partition coefficient (Wildman–Crippen LogP) is 2.68. The zero-order valence-electron chi connectivity index (χ0n) is 13.1. The molecule has 0 bridgehead atoms. The van der Waals surface area contributed by atoms with Gasteiger partial charge in [0.2, 0.25) is 0 Å². The molecule has 5 nitrogen and oxygen atoms in total. The zero-order valence-corrected chi connectivity index (χ0v) is 13.1. The normalized spacial score (nSPS) is 21.1. The molecule has 0 aliphatic heterocycles. The van der Waals surface area contributed by atoms with Crippen LogP contribution in [-0.2, 0) is 11.3 Å². The molecule has 0 aromatic heterocycles. The summed E-state index contributed by atoms with van der Waals surface area (Å²) in [6.45, 7) is 6.01. The molecule has 1 aromatic rings. The number of benzene rings is 1. The van der Waals surface area contributed by atoms with Crippen molar-refractivity contribution in [2.45, 2.75) is 57.8 Å². The van der Waals surface area contributed by atoms with Crippen LogP contribution in [0.4, 0.5) is 9.18 Å². The van der Waals surface area contributed by atoms with E-state index in [-0.39, 0.29) is 17.8 Å². The summed E-state index contributed by atoms with van der Waals surface area (Å²) < 4.78 is 18.4. The van der Waals surface area contributed by atoms with Crippen molar-refractivity contribution in [1.82, 2.24) is 10.6 Å². The maximum atomic E-state index is 13.2. The highest BCUT2D eigenvalue weighted by Crippen LogP contribution is 2.22. The molecule has 1 aliphatic rings. The van der Waals surface area contributed by atoms with Crippen LogP contribution in [0, 0.1) is 5.82 Å². The van der Waals surface area contributed by atoms with Gasteiger partial charge in [-0.2, -0.15) is 0 Å². The number of nitrogens with one attached hydrogen (secondary N) is 2. The standard InChI is InChI=1S/C16H23FN2O3/c1-16(2,3)22-15(21)19-12-7-11(8-12)18-9-10-4-5-14(20)13(17)6-10/h4-6,11-12,18,20H,7-9H2,1-3H3,(H,19,21). The van der Waals surface area contributed by atoms with Gasteiger partial charge in [0.1, 0.15) is 5.60 Å². The molecule has 1 aromatic carbocycles. The lowest BCUT2D eigenvalue weighted by molar-refractivity contribution is 0.0465. The molecule has 0 atom stereocenters. The third-order valence-corrected chi connectivity index (χ3v) is 3.47. The fraction of sp³-hybridized carbons (Fsp3) is 0.562. The minimum absolute atomic E-state index is 0.115. The van der Waals surface area contributed by atoms with Crippen molar-refractivity contribution in [2.75, 3.05) is 0 Å². The molecular formula is C16H23FN2O3. The van der Waals surface area contributed by atoms with Gasteiger partial charge in [-0.25, -0.2) is 9.18 Å². The molecule has 0 spiro atoms. The van der Waals surface area contributed by atoms with Crippen molar-refractivity contribution in [3.8, 4) is 5.75 Å². The lowest BCUT2D eigenvalue weighted by Crippen LogP contribution is -2.52. The minimum atomic E-state index is -0.614. The number of phenolic OH excluding ortho intramolecular Hbond substituents is 1. The quantitative estimate of drug-likeness (QED) is 0.799. The van der Waals surface area contributed by atoms with Crippen molar-refractivity contribution in [1.29, 1.82) is 0 Å². The average Bonchev–Trinajstić information content (AvgIpc) is 2.33. The smallest absolute Gasteiger partial charge is 0.407 e. The van der Waals surface area contributed by atoms with Crippen LogP contribution in [0.5, 0.6) is 5.75 Å². The van der Waals surface area contributed by atoms with Crippen molar-refractivity contribution >= 4 is 6.09 Å². The Balaban J connectivity index is 1.67. The second-order valence-electron chi connectivity index (χ2n) is 6.68. The highest BCUT2D eigenvalue weighted by molar-refractivity contribution is 5.68. The summed E-state index contributed by atoms with van der Waals surface area (Å²) in [6, 6.07) is 4.75. The summed E-state index contributed by atoms with van der Waals surface area (Å²) >= 11 is 0. The first-order chi connectivity index (χ1) is 10.2. The van der Waals surface area contributed by atoms with Gasteiger partial charge in [0.05, 0.1) is 0 Å². The van der Waals surface area contributed by atoms with Gasteiger partial charge in [-0.3, -0.25) is 0 Å². The first-order valence-electron chi connectivity index (χ1n) is 7.43. The number of ether oxygens (including phenoxy) is 1. The lowest BCUT2D eigenvalue weighted by Gasteiger charge is -2.36. The molecule has 0 heterocycles. The van der Waals surface area contributed by atoms with E-state index < -0.39 is 17.5 Å². The second-order valence-corrected chi connectivity index (χ2v) is 6.68. The van der Waals surface area contributed by atoms with Gasteiger partial charge in [0.15, 0.2) is 11.6 Å². The fourth-order valence-electron chi connectivity index (χ4n) is 2.30. The van der Waals surface area contributed by atoms with Crippen LogP contribution in [0.2, 0.25) is 0 Å². The van der Waals surface area contributed by atoms with E-state index in [2.05, 4.69) is 10.6 Å². The Kier molecular flexibility index (Phi) is 4.90. The van der Waals surface area contributed by atoms with E-state index in [4.69, 9.17) is 9.84 Å². The molecule has 0 unspecified atom stereocenters. The molecule has 3 N–H and O–H groups in total. The van der Waals surface area contributed by atoms with E-state index in [1.54, 1.807) is 6.07 Å². The monoisotopic (exact) mass is 310 g/mol. The number of rotatable bonds is 4. The lowest BCUT2D eigenvalue weighted by atomic mass is 9.87. The number of aromatic hydroxyl groups is 1. The number of amides is 1. The number of hydrogen-bond acceptors (Lipinski definition) is 4. The van der Waals surface area contributed by atoms with Crippen molar-refractivity contribution in [2.24, 2.45) is 0 Å². The molecule has 1 aliphatic carbocycles. The second kappa shape index (κ2) is 6.52. The van der Waals surface area contributed by atoms with Crippen LogP contribution in [0.15, 0.2) is 18.2 Å². The Hall–Kier alpha value is -1.82. The number of carbonyl (C=O) groups excluding carboxylic acids is 1. The van der Waals surface area contributed by atoms with Crippen LogP contribution < -0.4 is 10.6 Å². The summed E-state index contributed by atoms with van der Waals surface area (Å²) in [5, 5.41) is 15.2. The molecule has 0 radical (unpaired) electrons. The highest BCUT2D eigenvalue weighted by atomic mass is 19.1. The van der Waals surface area contributed by atoms with Crippen molar-refractivity contribution < 1.29 is 19.0 Å². The number of hydrogen-bond donors (Lipinski definition) is 3. The molecule has 1 amide bonds. The molecule has 1 saturated carbocycles. The van der Waals surface area contributed by atoms with Gasteiger partial charge < -0.3 is 20.5 Å². The first-order valence-corrected chi connectivity index (χ1v) is 7.43. The summed E-state index contributed by atoms with van der Waals surface area (Å²) in [6.07, 6.45) is 1.25. The fourth-order valence-corrected chi connectivity index (χ4v) is 2.30. The number of halogens is 1. The number of phenols is 1. The molecule has 1 fully saturated rings. The van der Waals surface area contributed by atoms with E-state index in [0.29, 0.717) is 6.54 Å². The molecule has 2 rings (SSSR count). The third kappa shape index (κ3) is 4.87. The molecule has 122 valence electrons. The van der Waals surface area contributed by atoms with Crippen LogP contribution in [0.1, 0.15) is 39.2 Å². The Morgan fingerprint density at radius 3 is 2.64 bits per heavy atom. The van der Waals surface area contributed by atoms with Gasteiger partial charge in [-0.15, -0.1) is 0 Å². The van der Waals surface area contributed by atoms with E-state index in [0.717, 1.165) is 18.4 Å². The van der Waals surface area contributed by atoms with Crippen LogP contribution in [0.25, 0.3) is 0 Å². The van der Waals surface area contributed by atoms with Gasteiger partial charge in [-0.05, 0) is 51.3 Å². The van der Waals surface area contributed by atoms with Gasteiger partial charge in [0, 0.05) is 18.6 Å². The van der Waals surface area contributed by atoms with Crippen LogP contribution >= 0.6 is 0 Å². The van der Waals surface area contributed by atoms with Gasteiger partial charge >= 0.3 is 6.09 Å². The Bertz CT molecular complexity index is 537. The van der Waals surface area contributed by atoms with Gasteiger partial charge in [-0.1, -0.05) is 6.07 Å². The third-order valence-electron chi connectivity index (χ3n) is 3.47. The van der Waals surface area contributed by atoms with Crippen LogP contribution in [0.3, 0.4) is 0 Å². The predicted molar refractivity (Wildman–Crippen MR) is 81.1 cm³/mol. The maximum absolute atomic E-state index is 13.2. The van der Waals surface area contributed by atoms with E-state index in [1.165, 1.54) is 12.1 Å². The average molecular weight is 310 g/mol. The summed E-state index contributed by atoms with van der Waals surface area (Å²) in [5.41, 5.74) is 0.285. The number of alkyl carbamates (subject to hydrolysis) is 1. The topological polar surface area (TPSA) is 70.6 Å². The van der Waals surface area contributed by atoms with Crippen LogP contribution in [-0.4, -0.2) is 28.9 Å². The number of carbonyl (C=O) groups is 1. The maximum Gasteiger partial charge on any atom is 0.407 e. The Labute approximate surface area is 129 Å². The molecule has 0 saturated heterocycles. The zero-order chi connectivity index (χ0) is 16.3. The van der Waals surface area contributed by atoms with Crippen molar-refractivity contribution in [3.05, 3.63) is 29.6 Å². The van der Waals surface area contributed by atoms with E-state index in [1.807, 2.05) is 20.8 Å². The molecule has 6 heteroatoms. The Morgan fingerprint density at radius 1 is 1.36 bits per heavy atom. The molecule has 22 heavy (non-hydrogen) atoms. The highest BCUT2D eigenvalue weighted by Gasteiger charge is 2.31. The Morgan fingerprint density at radius 2 is 2.05 bits per heavy atom. The van der Waals surface area contributed by atoms with Gasteiger partial charge in [0.25, 0.3) is 0 Å². The van der Waals surface area contributed by atoms with E-state index in [9.17, 15) is 9.18 Å². The SMILES string of the molecule is CC(C)(C)OC(=O)NC1CC(NCc2ccc(O)c(F)c2)C1. The van der Waals surface area contributed by atoms with Crippen molar-refractivity contribution in [3.63, 3.8) is 0 Å². The first kappa shape index (κ1) is 16.5. The summed E-state index contributed by atoms with van der Waals surface area (Å²) in [5.74, 6) is -0.952. The minimum Gasteiger partial charge on any atom is -0.505 e. The van der Waals surface area contributed by atoms with E-state index >= 15 is 0 Å². The molecular weight excluding hydrogens is 287 g/mol. The largest absolute Gasteiger partial charge is 0.505 e. The summed E-state index contributed by atoms with van der Waals surface area (Å²) in [4.78, 5) is 11.6.